The van der Waals surface area contributed by atoms with Crippen LogP contribution in [0.5, 0.6) is 0 Å². The molecule has 0 fully saturated rings. The Balaban J connectivity index is 1.79. The molecule has 0 saturated heterocycles. The summed E-state index contributed by atoms with van der Waals surface area (Å²) in [7, 11) is 0. The fourth-order valence-electron chi connectivity index (χ4n) is 4.63. The molecule has 0 N–H and O–H groups in total. The van der Waals surface area contributed by atoms with E-state index in [1.165, 1.54) is 5.39 Å². The van der Waals surface area contributed by atoms with Crippen molar-refractivity contribution < 1.29 is 4.79 Å². The van der Waals surface area contributed by atoms with Crippen LogP contribution in [0, 0.1) is 0 Å². The maximum Gasteiger partial charge on any atom is 0.254 e. The van der Waals surface area contributed by atoms with Crippen LogP contribution in [-0.4, -0.2) is 32.9 Å². The first-order chi connectivity index (χ1) is 15.0. The lowest BCUT2D eigenvalue weighted by molar-refractivity contribution is 0.0644. The van der Waals surface area contributed by atoms with Crippen LogP contribution in [0.3, 0.4) is 0 Å². The van der Waals surface area contributed by atoms with E-state index in [0.29, 0.717) is 5.56 Å². The first kappa shape index (κ1) is 19.4. The third kappa shape index (κ3) is 3.10. The summed E-state index contributed by atoms with van der Waals surface area (Å²) >= 11 is 0. The molecule has 5 aromatic rings. The molecule has 4 heteroatoms. The third-order valence-corrected chi connectivity index (χ3v) is 5.91. The number of aromatic nitrogens is 2. The lowest BCUT2D eigenvalue weighted by Gasteiger charge is -2.30. The summed E-state index contributed by atoms with van der Waals surface area (Å²) in [4.78, 5) is 25.1. The van der Waals surface area contributed by atoms with Gasteiger partial charge in [-0.1, -0.05) is 48.5 Å². The van der Waals surface area contributed by atoms with E-state index < -0.39 is 0 Å². The molecule has 1 aromatic heterocycles. The molecular weight excluding hydrogens is 382 g/mol. The molecule has 4 aromatic carbocycles. The fraction of sp³-hybridized carbons (Fsp3) is 0.222. The second-order valence-corrected chi connectivity index (χ2v) is 8.62. The summed E-state index contributed by atoms with van der Waals surface area (Å²) in [6.45, 7) is 8.18. The fourth-order valence-corrected chi connectivity index (χ4v) is 4.63. The summed E-state index contributed by atoms with van der Waals surface area (Å²) in [6, 6.07) is 22.6. The van der Waals surface area contributed by atoms with Gasteiger partial charge in [0.2, 0.25) is 0 Å². The van der Waals surface area contributed by atoms with Gasteiger partial charge < -0.3 is 4.90 Å². The minimum absolute atomic E-state index is 0.0252. The molecule has 0 radical (unpaired) electrons. The number of rotatable bonds is 3. The Morgan fingerprint density at radius 1 is 0.677 bits per heavy atom. The van der Waals surface area contributed by atoms with Gasteiger partial charge in [-0.3, -0.25) is 4.79 Å². The zero-order valence-corrected chi connectivity index (χ0v) is 18.3. The molecule has 0 aliphatic carbocycles. The predicted octanol–water partition coefficient (Wildman–Crippen LogP) is 6.35. The van der Waals surface area contributed by atoms with Crippen LogP contribution >= 0.6 is 0 Å². The zero-order valence-electron chi connectivity index (χ0n) is 18.3. The molecule has 31 heavy (non-hydrogen) atoms. The number of hydrogen-bond donors (Lipinski definition) is 0. The van der Waals surface area contributed by atoms with Gasteiger partial charge in [0, 0.05) is 28.4 Å². The average molecular weight is 408 g/mol. The van der Waals surface area contributed by atoms with Crippen LogP contribution in [0.2, 0.25) is 0 Å². The van der Waals surface area contributed by atoms with E-state index >= 15 is 0 Å². The molecular formula is C27H25N3O. The Hall–Kier alpha value is -3.53. The molecule has 154 valence electrons. The molecule has 0 aliphatic rings. The van der Waals surface area contributed by atoms with Gasteiger partial charge in [0.05, 0.1) is 22.1 Å². The largest absolute Gasteiger partial charge is 0.334 e. The number of carbonyl (C=O) groups excluding carboxylic acids is 1. The van der Waals surface area contributed by atoms with Crippen molar-refractivity contribution in [1.29, 1.82) is 0 Å². The molecule has 4 nitrogen and oxygen atoms in total. The maximum absolute atomic E-state index is 13.2. The Labute approximate surface area is 181 Å². The van der Waals surface area contributed by atoms with E-state index in [0.717, 1.165) is 38.2 Å². The highest BCUT2D eigenvalue weighted by molar-refractivity contribution is 6.23. The molecule has 0 unspecified atom stereocenters. The van der Waals surface area contributed by atoms with Gasteiger partial charge in [0.25, 0.3) is 5.91 Å². The zero-order chi connectivity index (χ0) is 21.7. The minimum atomic E-state index is 0.0252. The monoisotopic (exact) mass is 407 g/mol. The van der Waals surface area contributed by atoms with E-state index in [1.807, 2.05) is 62.9 Å². The van der Waals surface area contributed by atoms with Gasteiger partial charge in [-0.05, 0) is 56.7 Å². The van der Waals surface area contributed by atoms with Crippen molar-refractivity contribution in [3.05, 3.63) is 72.3 Å². The van der Waals surface area contributed by atoms with Gasteiger partial charge in [-0.15, -0.1) is 0 Å². The van der Waals surface area contributed by atoms with Crippen molar-refractivity contribution >= 4 is 49.5 Å². The van der Waals surface area contributed by atoms with Crippen molar-refractivity contribution in [1.82, 2.24) is 14.9 Å². The van der Waals surface area contributed by atoms with Crippen molar-refractivity contribution in [3.63, 3.8) is 0 Å². The summed E-state index contributed by atoms with van der Waals surface area (Å²) in [6.07, 6.45) is 0. The van der Waals surface area contributed by atoms with Gasteiger partial charge in [0.15, 0.2) is 0 Å². The summed E-state index contributed by atoms with van der Waals surface area (Å²) < 4.78 is 0. The second kappa shape index (κ2) is 7.31. The Morgan fingerprint density at radius 2 is 1.16 bits per heavy atom. The lowest BCUT2D eigenvalue weighted by Crippen LogP contribution is -2.42. The van der Waals surface area contributed by atoms with Crippen molar-refractivity contribution in [2.24, 2.45) is 0 Å². The normalized spacial score (nSPS) is 11.9. The first-order valence-electron chi connectivity index (χ1n) is 10.8. The van der Waals surface area contributed by atoms with Crippen LogP contribution in [-0.2, 0) is 0 Å². The maximum atomic E-state index is 13.2. The molecule has 0 bridgehead atoms. The van der Waals surface area contributed by atoms with Gasteiger partial charge in [0.1, 0.15) is 0 Å². The Kier molecular flexibility index (Phi) is 4.58. The minimum Gasteiger partial charge on any atom is -0.334 e. The highest BCUT2D eigenvalue weighted by Gasteiger charge is 2.22. The molecule has 1 heterocycles. The second-order valence-electron chi connectivity index (χ2n) is 8.62. The van der Waals surface area contributed by atoms with E-state index in [9.17, 15) is 4.79 Å². The predicted molar refractivity (Wildman–Crippen MR) is 128 cm³/mol. The number of hydrogen-bond acceptors (Lipinski definition) is 3. The van der Waals surface area contributed by atoms with Crippen molar-refractivity contribution in [2.75, 3.05) is 0 Å². The first-order valence-corrected chi connectivity index (χ1v) is 10.8. The van der Waals surface area contributed by atoms with E-state index in [4.69, 9.17) is 9.97 Å². The van der Waals surface area contributed by atoms with Crippen LogP contribution in [0.4, 0.5) is 0 Å². The quantitative estimate of drug-likeness (QED) is 0.259. The average Bonchev–Trinajstić information content (AvgIpc) is 2.77. The highest BCUT2D eigenvalue weighted by Crippen LogP contribution is 2.34. The van der Waals surface area contributed by atoms with Gasteiger partial charge in [-0.25, -0.2) is 9.97 Å². The number of fused-ring (bicyclic) bond motifs is 7. The van der Waals surface area contributed by atoms with Crippen LogP contribution in [0.25, 0.3) is 43.6 Å². The Bertz CT molecular complexity index is 1460. The topological polar surface area (TPSA) is 46.1 Å². The molecule has 5 rings (SSSR count). The van der Waals surface area contributed by atoms with Gasteiger partial charge in [-0.2, -0.15) is 0 Å². The number of amides is 1. The van der Waals surface area contributed by atoms with Crippen molar-refractivity contribution in [3.8, 4) is 0 Å². The number of carbonyl (C=O) groups is 1. The van der Waals surface area contributed by atoms with Crippen LogP contribution < -0.4 is 0 Å². The standard InChI is InChI=1S/C27H25N3O/c1-16(2)30(17(3)4)27(31)18-13-14-23-24(15-18)29-26-22-12-8-6-10-20(22)19-9-5-7-11-21(19)25(26)28-23/h5-17H,1-4H3. The highest BCUT2D eigenvalue weighted by atomic mass is 16.2. The number of benzene rings is 4. The Morgan fingerprint density at radius 3 is 1.68 bits per heavy atom. The number of nitrogens with zero attached hydrogens (tertiary/aromatic N) is 3. The third-order valence-electron chi connectivity index (χ3n) is 5.91. The summed E-state index contributed by atoms with van der Waals surface area (Å²) in [5, 5.41) is 4.51. The molecule has 0 atom stereocenters. The SMILES string of the molecule is CC(C)N(C(=O)c1ccc2nc3c4ccccc4c4ccccc4c3nc2c1)C(C)C. The van der Waals surface area contributed by atoms with E-state index in [-0.39, 0.29) is 18.0 Å². The smallest absolute Gasteiger partial charge is 0.254 e. The lowest BCUT2D eigenvalue weighted by atomic mass is 9.99. The molecule has 0 saturated carbocycles. The molecule has 0 spiro atoms. The molecule has 1 amide bonds. The summed E-state index contributed by atoms with van der Waals surface area (Å²) in [5.41, 5.74) is 3.95. The van der Waals surface area contributed by atoms with Crippen LogP contribution in [0.1, 0.15) is 38.1 Å². The van der Waals surface area contributed by atoms with Gasteiger partial charge >= 0.3 is 0 Å². The van der Waals surface area contributed by atoms with E-state index in [2.05, 4.69) is 36.4 Å². The molecule has 0 aliphatic heterocycles. The van der Waals surface area contributed by atoms with Crippen molar-refractivity contribution in [2.45, 2.75) is 39.8 Å². The van der Waals surface area contributed by atoms with E-state index in [1.54, 1.807) is 0 Å². The van der Waals surface area contributed by atoms with Crippen LogP contribution in [0.15, 0.2) is 66.7 Å². The summed E-state index contributed by atoms with van der Waals surface area (Å²) in [5.74, 6) is 0.0252.